The summed E-state index contributed by atoms with van der Waals surface area (Å²) in [6.45, 7) is -0.0556. The Morgan fingerprint density at radius 1 is 1.33 bits per heavy atom. The SMILES string of the molecule is OCc1ccn2ccc(F)cc12. The van der Waals surface area contributed by atoms with Gasteiger partial charge in [0, 0.05) is 18.0 Å². The van der Waals surface area contributed by atoms with E-state index in [0.29, 0.717) is 0 Å². The summed E-state index contributed by atoms with van der Waals surface area (Å²) >= 11 is 0. The van der Waals surface area contributed by atoms with E-state index < -0.39 is 0 Å². The van der Waals surface area contributed by atoms with E-state index in [4.69, 9.17) is 5.11 Å². The minimum absolute atomic E-state index is 0.0556. The van der Waals surface area contributed by atoms with Crippen LogP contribution in [-0.4, -0.2) is 9.51 Å². The molecule has 0 amide bonds. The molecule has 0 bridgehead atoms. The topological polar surface area (TPSA) is 24.6 Å². The van der Waals surface area contributed by atoms with Gasteiger partial charge in [0.1, 0.15) is 5.82 Å². The van der Waals surface area contributed by atoms with Crippen molar-refractivity contribution < 1.29 is 9.50 Å². The third kappa shape index (κ3) is 0.987. The zero-order valence-corrected chi connectivity index (χ0v) is 6.37. The number of aliphatic hydroxyl groups is 1. The van der Waals surface area contributed by atoms with Gasteiger partial charge in [-0.2, -0.15) is 0 Å². The first-order chi connectivity index (χ1) is 5.81. The fraction of sp³-hybridized carbons (Fsp3) is 0.111. The third-order valence-corrected chi connectivity index (χ3v) is 1.88. The predicted molar refractivity (Wildman–Crippen MR) is 43.3 cm³/mol. The Morgan fingerprint density at radius 3 is 2.83 bits per heavy atom. The second-order valence-corrected chi connectivity index (χ2v) is 2.64. The number of hydrogen-bond acceptors (Lipinski definition) is 1. The number of aliphatic hydroxyl groups excluding tert-OH is 1. The van der Waals surface area contributed by atoms with Crippen molar-refractivity contribution >= 4 is 5.52 Å². The lowest BCUT2D eigenvalue weighted by Gasteiger charge is -1.96. The van der Waals surface area contributed by atoms with E-state index in [1.165, 1.54) is 12.1 Å². The molecule has 2 rings (SSSR count). The van der Waals surface area contributed by atoms with E-state index in [9.17, 15) is 4.39 Å². The van der Waals surface area contributed by atoms with Crippen LogP contribution in [0.2, 0.25) is 0 Å². The van der Waals surface area contributed by atoms with E-state index in [-0.39, 0.29) is 12.4 Å². The summed E-state index contributed by atoms with van der Waals surface area (Å²) in [6, 6.07) is 4.56. The number of rotatable bonds is 1. The molecule has 1 N–H and O–H groups in total. The third-order valence-electron chi connectivity index (χ3n) is 1.88. The standard InChI is InChI=1S/C9H8FNO/c10-8-2-4-11-3-1-7(6-12)9(11)5-8/h1-5,12H,6H2. The monoisotopic (exact) mass is 165 g/mol. The molecule has 0 aliphatic carbocycles. The van der Waals surface area contributed by atoms with Crippen molar-refractivity contribution in [1.82, 2.24) is 4.40 Å². The molecule has 0 saturated heterocycles. The molecule has 3 heteroatoms. The van der Waals surface area contributed by atoms with Gasteiger partial charge in [0.2, 0.25) is 0 Å². The first-order valence-corrected chi connectivity index (χ1v) is 3.67. The van der Waals surface area contributed by atoms with E-state index >= 15 is 0 Å². The van der Waals surface area contributed by atoms with Crippen LogP contribution in [0.1, 0.15) is 5.56 Å². The van der Waals surface area contributed by atoms with Crippen molar-refractivity contribution in [2.24, 2.45) is 0 Å². The molecule has 0 unspecified atom stereocenters. The maximum atomic E-state index is 12.7. The Bertz CT molecular complexity index is 408. The second-order valence-electron chi connectivity index (χ2n) is 2.64. The van der Waals surface area contributed by atoms with Crippen LogP contribution < -0.4 is 0 Å². The maximum absolute atomic E-state index is 12.7. The molecule has 2 nitrogen and oxygen atoms in total. The highest BCUT2D eigenvalue weighted by atomic mass is 19.1. The summed E-state index contributed by atoms with van der Waals surface area (Å²) in [5.41, 5.74) is 1.46. The number of pyridine rings is 1. The Balaban J connectivity index is 2.75. The van der Waals surface area contributed by atoms with Gasteiger partial charge in [0.15, 0.2) is 0 Å². The van der Waals surface area contributed by atoms with Crippen LogP contribution in [0.25, 0.3) is 5.52 Å². The zero-order chi connectivity index (χ0) is 8.55. The van der Waals surface area contributed by atoms with Crippen LogP contribution >= 0.6 is 0 Å². The first-order valence-electron chi connectivity index (χ1n) is 3.67. The highest BCUT2D eigenvalue weighted by Gasteiger charge is 2.01. The predicted octanol–water partition coefficient (Wildman–Crippen LogP) is 1.57. The molecular weight excluding hydrogens is 157 g/mol. The molecule has 0 spiro atoms. The van der Waals surface area contributed by atoms with E-state index in [1.54, 1.807) is 22.9 Å². The van der Waals surface area contributed by atoms with E-state index in [1.807, 2.05) is 0 Å². The molecule has 12 heavy (non-hydrogen) atoms. The van der Waals surface area contributed by atoms with Crippen molar-refractivity contribution in [3.05, 3.63) is 42.0 Å². The van der Waals surface area contributed by atoms with Gasteiger partial charge < -0.3 is 9.51 Å². The van der Waals surface area contributed by atoms with Gasteiger partial charge in [-0.05, 0) is 18.2 Å². The quantitative estimate of drug-likeness (QED) is 0.681. The number of fused-ring (bicyclic) bond motifs is 1. The lowest BCUT2D eigenvalue weighted by molar-refractivity contribution is 0.283. The van der Waals surface area contributed by atoms with Gasteiger partial charge in [-0.1, -0.05) is 0 Å². The molecule has 0 aliphatic rings. The van der Waals surface area contributed by atoms with Crippen LogP contribution in [0.15, 0.2) is 30.6 Å². The average molecular weight is 165 g/mol. The number of hydrogen-bond donors (Lipinski definition) is 1. The Hall–Kier alpha value is -1.35. The first kappa shape index (κ1) is 7.31. The lowest BCUT2D eigenvalue weighted by Crippen LogP contribution is -1.86. The van der Waals surface area contributed by atoms with Crippen LogP contribution in [-0.2, 0) is 6.61 Å². The smallest absolute Gasteiger partial charge is 0.126 e. The normalized spacial score (nSPS) is 10.8. The van der Waals surface area contributed by atoms with E-state index in [2.05, 4.69) is 0 Å². The lowest BCUT2D eigenvalue weighted by atomic mass is 10.3. The van der Waals surface area contributed by atoms with Crippen molar-refractivity contribution in [2.45, 2.75) is 6.61 Å². The fourth-order valence-electron chi connectivity index (χ4n) is 1.26. The Kier molecular flexibility index (Phi) is 1.59. The summed E-state index contributed by atoms with van der Waals surface area (Å²) in [7, 11) is 0. The number of nitrogens with zero attached hydrogens (tertiary/aromatic N) is 1. The van der Waals surface area contributed by atoms with Crippen molar-refractivity contribution in [1.29, 1.82) is 0 Å². The van der Waals surface area contributed by atoms with E-state index in [0.717, 1.165) is 11.1 Å². The molecular formula is C9H8FNO. The minimum atomic E-state index is -0.282. The fourth-order valence-corrected chi connectivity index (χ4v) is 1.26. The van der Waals surface area contributed by atoms with Crippen LogP contribution in [0, 0.1) is 5.82 Å². The van der Waals surface area contributed by atoms with Crippen LogP contribution in [0.4, 0.5) is 4.39 Å². The summed E-state index contributed by atoms with van der Waals surface area (Å²) in [5.74, 6) is -0.282. The summed E-state index contributed by atoms with van der Waals surface area (Å²) in [6.07, 6.45) is 3.42. The van der Waals surface area contributed by atoms with Crippen LogP contribution in [0.3, 0.4) is 0 Å². The molecule has 0 saturated carbocycles. The minimum Gasteiger partial charge on any atom is -0.392 e. The second kappa shape index (κ2) is 2.60. The van der Waals surface area contributed by atoms with Gasteiger partial charge in [-0.3, -0.25) is 0 Å². The Labute approximate surface area is 68.9 Å². The molecule has 0 aliphatic heterocycles. The largest absolute Gasteiger partial charge is 0.392 e. The summed E-state index contributed by atoms with van der Waals surface area (Å²) in [5, 5.41) is 8.88. The average Bonchev–Trinajstić information content (AvgIpc) is 2.46. The number of halogens is 1. The van der Waals surface area contributed by atoms with Gasteiger partial charge in [0.05, 0.1) is 12.1 Å². The molecule has 0 radical (unpaired) electrons. The number of aromatic nitrogens is 1. The van der Waals surface area contributed by atoms with Crippen LogP contribution in [0.5, 0.6) is 0 Å². The summed E-state index contributed by atoms with van der Waals surface area (Å²) in [4.78, 5) is 0. The molecule has 62 valence electrons. The molecule has 2 aromatic heterocycles. The van der Waals surface area contributed by atoms with Crippen molar-refractivity contribution in [3.8, 4) is 0 Å². The Morgan fingerprint density at radius 2 is 2.08 bits per heavy atom. The molecule has 0 aromatic carbocycles. The molecule has 2 aromatic rings. The molecule has 0 fully saturated rings. The highest BCUT2D eigenvalue weighted by molar-refractivity contribution is 5.55. The summed E-state index contributed by atoms with van der Waals surface area (Å²) < 4.78 is 14.5. The van der Waals surface area contributed by atoms with Gasteiger partial charge in [-0.15, -0.1) is 0 Å². The molecule has 0 atom stereocenters. The zero-order valence-electron chi connectivity index (χ0n) is 6.37. The molecule has 2 heterocycles. The van der Waals surface area contributed by atoms with Crippen molar-refractivity contribution in [3.63, 3.8) is 0 Å². The maximum Gasteiger partial charge on any atom is 0.126 e. The van der Waals surface area contributed by atoms with Gasteiger partial charge in [0.25, 0.3) is 0 Å². The highest BCUT2D eigenvalue weighted by Crippen LogP contribution is 2.13. The van der Waals surface area contributed by atoms with Gasteiger partial charge in [-0.25, -0.2) is 4.39 Å². The van der Waals surface area contributed by atoms with Gasteiger partial charge >= 0.3 is 0 Å². The van der Waals surface area contributed by atoms with Crippen molar-refractivity contribution in [2.75, 3.05) is 0 Å².